The molecule has 0 heterocycles. The molecule has 154 valence electrons. The minimum absolute atomic E-state index is 0. The van der Waals surface area contributed by atoms with Crippen LogP contribution in [0.15, 0.2) is 23.2 Å². The minimum atomic E-state index is 0. The fourth-order valence-electron chi connectivity index (χ4n) is 3.03. The summed E-state index contributed by atoms with van der Waals surface area (Å²) in [7, 11) is 3.40. The zero-order chi connectivity index (χ0) is 18.6. The van der Waals surface area contributed by atoms with Crippen LogP contribution in [0.1, 0.15) is 44.6 Å². The highest BCUT2D eigenvalue weighted by Crippen LogP contribution is 2.32. The van der Waals surface area contributed by atoms with Crippen molar-refractivity contribution in [3.05, 3.63) is 23.8 Å². The molecule has 6 nitrogen and oxygen atoms in total. The quantitative estimate of drug-likeness (QED) is 0.226. The van der Waals surface area contributed by atoms with Gasteiger partial charge in [-0.2, -0.15) is 0 Å². The molecule has 1 aliphatic carbocycles. The highest BCUT2D eigenvalue weighted by Gasteiger charge is 2.18. The summed E-state index contributed by atoms with van der Waals surface area (Å²) in [6.45, 7) is 5.05. The molecule has 0 radical (unpaired) electrons. The molecule has 1 aromatic carbocycles. The van der Waals surface area contributed by atoms with Gasteiger partial charge in [0.05, 0.1) is 19.8 Å². The zero-order valence-corrected chi connectivity index (χ0v) is 19.1. The second-order valence-electron chi connectivity index (χ2n) is 6.48. The van der Waals surface area contributed by atoms with Gasteiger partial charge in [-0.15, -0.1) is 24.0 Å². The molecule has 0 aromatic heterocycles. The first-order valence-electron chi connectivity index (χ1n) is 9.61. The predicted molar refractivity (Wildman–Crippen MR) is 121 cm³/mol. The highest BCUT2D eigenvalue weighted by molar-refractivity contribution is 14.0. The summed E-state index contributed by atoms with van der Waals surface area (Å²) < 4.78 is 16.7. The standard InChI is InChI=1S/C20H33N3O3.HI/c1-4-21-20(22-12-7-13-24-2)23-15-16-10-11-18(25-3)19(14-16)26-17-8-5-6-9-17;/h10-11,14,17H,4-9,12-13,15H2,1-3H3,(H2,21,22,23);1H. The number of hydrogen-bond acceptors (Lipinski definition) is 4. The van der Waals surface area contributed by atoms with Gasteiger partial charge in [0.15, 0.2) is 17.5 Å². The number of nitrogens with one attached hydrogen (secondary N) is 2. The van der Waals surface area contributed by atoms with Crippen molar-refractivity contribution in [3.63, 3.8) is 0 Å². The third kappa shape index (κ3) is 8.55. The van der Waals surface area contributed by atoms with Crippen molar-refractivity contribution in [3.8, 4) is 11.5 Å². The van der Waals surface area contributed by atoms with Gasteiger partial charge in [0, 0.05) is 26.8 Å². The smallest absolute Gasteiger partial charge is 0.191 e. The zero-order valence-electron chi connectivity index (χ0n) is 16.8. The van der Waals surface area contributed by atoms with E-state index in [1.807, 2.05) is 12.1 Å². The molecule has 0 amide bonds. The number of guanidine groups is 1. The molecule has 0 aliphatic heterocycles. The Morgan fingerprint density at radius 2 is 1.93 bits per heavy atom. The number of ether oxygens (including phenoxy) is 3. The number of methoxy groups -OCH3 is 2. The largest absolute Gasteiger partial charge is 0.493 e. The van der Waals surface area contributed by atoms with Gasteiger partial charge in [-0.25, -0.2) is 4.99 Å². The van der Waals surface area contributed by atoms with E-state index in [0.29, 0.717) is 12.6 Å². The summed E-state index contributed by atoms with van der Waals surface area (Å²) in [5.41, 5.74) is 1.10. The van der Waals surface area contributed by atoms with Crippen LogP contribution in [0.25, 0.3) is 0 Å². The van der Waals surface area contributed by atoms with Gasteiger partial charge in [0.25, 0.3) is 0 Å². The van der Waals surface area contributed by atoms with Gasteiger partial charge >= 0.3 is 0 Å². The number of nitrogens with zero attached hydrogens (tertiary/aromatic N) is 1. The molecule has 7 heteroatoms. The number of halogens is 1. The van der Waals surface area contributed by atoms with E-state index in [-0.39, 0.29) is 24.0 Å². The van der Waals surface area contributed by atoms with Gasteiger partial charge in [-0.3, -0.25) is 0 Å². The van der Waals surface area contributed by atoms with Crippen molar-refractivity contribution in [2.75, 3.05) is 33.9 Å². The van der Waals surface area contributed by atoms with Crippen molar-refractivity contribution in [2.45, 2.75) is 51.7 Å². The van der Waals surface area contributed by atoms with Gasteiger partial charge in [0.1, 0.15) is 0 Å². The van der Waals surface area contributed by atoms with E-state index in [9.17, 15) is 0 Å². The molecule has 1 aliphatic rings. The summed E-state index contributed by atoms with van der Waals surface area (Å²) in [5.74, 6) is 2.43. The molecule has 0 saturated heterocycles. The number of hydrogen-bond donors (Lipinski definition) is 2. The Morgan fingerprint density at radius 1 is 1.15 bits per heavy atom. The third-order valence-electron chi connectivity index (χ3n) is 4.41. The van der Waals surface area contributed by atoms with Gasteiger partial charge in [-0.05, 0) is 56.7 Å². The molecule has 2 rings (SSSR count). The molecule has 0 atom stereocenters. The molecule has 1 aromatic rings. The number of aliphatic imine (C=N–C) groups is 1. The van der Waals surface area contributed by atoms with Crippen LogP contribution in [-0.2, 0) is 11.3 Å². The van der Waals surface area contributed by atoms with Crippen molar-refractivity contribution >= 4 is 29.9 Å². The summed E-state index contributed by atoms with van der Waals surface area (Å²) in [5, 5.41) is 6.59. The molecule has 0 bridgehead atoms. The second-order valence-corrected chi connectivity index (χ2v) is 6.48. The molecule has 0 spiro atoms. The van der Waals surface area contributed by atoms with Gasteiger partial charge in [0.2, 0.25) is 0 Å². The molecule has 2 N–H and O–H groups in total. The van der Waals surface area contributed by atoms with Crippen LogP contribution >= 0.6 is 24.0 Å². The first kappa shape index (κ1) is 23.8. The number of rotatable bonds is 10. The fraction of sp³-hybridized carbons (Fsp3) is 0.650. The lowest BCUT2D eigenvalue weighted by Gasteiger charge is -2.17. The Morgan fingerprint density at radius 3 is 2.59 bits per heavy atom. The predicted octanol–water partition coefficient (Wildman–Crippen LogP) is 3.73. The van der Waals surface area contributed by atoms with Gasteiger partial charge in [-0.1, -0.05) is 6.07 Å². The Kier molecular flexibility index (Phi) is 12.2. The van der Waals surface area contributed by atoms with Crippen LogP contribution in [0.5, 0.6) is 11.5 Å². The SMILES string of the molecule is CCNC(=NCc1ccc(OC)c(OC2CCCC2)c1)NCCCOC.I. The topological polar surface area (TPSA) is 64.1 Å². The van der Waals surface area contributed by atoms with E-state index in [0.717, 1.165) is 62.0 Å². The molecule has 27 heavy (non-hydrogen) atoms. The second kappa shape index (κ2) is 13.9. The molecular formula is C20H34IN3O3. The molecule has 0 unspecified atom stereocenters. The summed E-state index contributed by atoms with van der Waals surface area (Å²) in [6.07, 6.45) is 6.00. The van der Waals surface area contributed by atoms with Crippen LogP contribution in [0.2, 0.25) is 0 Å². The van der Waals surface area contributed by atoms with Gasteiger partial charge < -0.3 is 24.8 Å². The Balaban J connectivity index is 0.00000364. The number of benzene rings is 1. The maximum atomic E-state index is 6.17. The Labute approximate surface area is 180 Å². The van der Waals surface area contributed by atoms with Crippen LogP contribution in [-0.4, -0.2) is 46.0 Å². The third-order valence-corrected chi connectivity index (χ3v) is 4.41. The van der Waals surface area contributed by atoms with Crippen molar-refractivity contribution in [1.29, 1.82) is 0 Å². The lowest BCUT2D eigenvalue weighted by molar-refractivity contribution is 0.195. The normalized spacial score (nSPS) is 14.6. The first-order valence-corrected chi connectivity index (χ1v) is 9.61. The monoisotopic (exact) mass is 491 g/mol. The van der Waals surface area contributed by atoms with Crippen LogP contribution in [0, 0.1) is 0 Å². The van der Waals surface area contributed by atoms with E-state index in [4.69, 9.17) is 14.2 Å². The molecule has 1 fully saturated rings. The molecular weight excluding hydrogens is 457 g/mol. The fourth-order valence-corrected chi connectivity index (χ4v) is 3.03. The lowest BCUT2D eigenvalue weighted by atomic mass is 10.2. The van der Waals surface area contributed by atoms with Crippen molar-refractivity contribution in [1.82, 2.24) is 10.6 Å². The van der Waals surface area contributed by atoms with E-state index in [1.54, 1.807) is 14.2 Å². The molecule has 1 saturated carbocycles. The average Bonchev–Trinajstić information content (AvgIpc) is 3.16. The van der Waals surface area contributed by atoms with E-state index in [1.165, 1.54) is 12.8 Å². The summed E-state index contributed by atoms with van der Waals surface area (Å²) in [6, 6.07) is 6.06. The maximum absolute atomic E-state index is 6.17. The van der Waals surface area contributed by atoms with Crippen LogP contribution < -0.4 is 20.1 Å². The maximum Gasteiger partial charge on any atom is 0.191 e. The van der Waals surface area contributed by atoms with E-state index in [2.05, 4.69) is 28.6 Å². The van der Waals surface area contributed by atoms with Crippen LogP contribution in [0.4, 0.5) is 0 Å². The van der Waals surface area contributed by atoms with Crippen molar-refractivity contribution in [2.24, 2.45) is 4.99 Å². The lowest BCUT2D eigenvalue weighted by Crippen LogP contribution is -2.38. The minimum Gasteiger partial charge on any atom is -0.493 e. The summed E-state index contributed by atoms with van der Waals surface area (Å²) in [4.78, 5) is 4.67. The Bertz CT molecular complexity index is 563. The van der Waals surface area contributed by atoms with E-state index < -0.39 is 0 Å². The van der Waals surface area contributed by atoms with E-state index >= 15 is 0 Å². The summed E-state index contributed by atoms with van der Waals surface area (Å²) >= 11 is 0. The van der Waals surface area contributed by atoms with Crippen LogP contribution in [0.3, 0.4) is 0 Å². The first-order chi connectivity index (χ1) is 12.8. The Hall–Kier alpha value is -1.22. The van der Waals surface area contributed by atoms with Crippen molar-refractivity contribution < 1.29 is 14.2 Å². The highest BCUT2D eigenvalue weighted by atomic mass is 127. The average molecular weight is 491 g/mol.